The first-order valence-electron chi connectivity index (χ1n) is 7.42. The van der Waals surface area contributed by atoms with Gasteiger partial charge < -0.3 is 15.4 Å². The first-order valence-corrected chi connectivity index (χ1v) is 7.42. The SMILES string of the molecule is COCC(=O)N1CCC[C@H]1c1cc(CCC(N)=O)nc(C)n1. The van der Waals surface area contributed by atoms with E-state index in [9.17, 15) is 9.59 Å². The molecule has 2 heterocycles. The lowest BCUT2D eigenvalue weighted by Gasteiger charge is -2.24. The Hall–Kier alpha value is -2.02. The third-order valence-electron chi connectivity index (χ3n) is 3.72. The summed E-state index contributed by atoms with van der Waals surface area (Å²) in [6, 6.07) is 1.83. The molecule has 2 amide bonds. The lowest BCUT2D eigenvalue weighted by atomic mass is 10.1. The summed E-state index contributed by atoms with van der Waals surface area (Å²) < 4.78 is 4.94. The zero-order valence-corrected chi connectivity index (χ0v) is 13.0. The number of carbonyl (C=O) groups excluding carboxylic acids is 2. The zero-order chi connectivity index (χ0) is 16.1. The standard InChI is InChI=1S/C15H22N4O3/c1-10-17-11(5-6-14(16)20)8-12(18-10)13-4-3-7-19(13)15(21)9-22-2/h8,13H,3-7,9H2,1-2H3,(H2,16,20)/t13-/m0/s1. The molecule has 1 aliphatic rings. The zero-order valence-electron chi connectivity index (χ0n) is 13.0. The highest BCUT2D eigenvalue weighted by Gasteiger charge is 2.31. The summed E-state index contributed by atoms with van der Waals surface area (Å²) in [7, 11) is 1.51. The van der Waals surface area contributed by atoms with Crippen molar-refractivity contribution >= 4 is 11.8 Å². The van der Waals surface area contributed by atoms with Crippen LogP contribution < -0.4 is 5.73 Å². The second-order valence-corrected chi connectivity index (χ2v) is 5.48. The van der Waals surface area contributed by atoms with Gasteiger partial charge in [0.1, 0.15) is 12.4 Å². The van der Waals surface area contributed by atoms with Crippen LogP contribution in [0.4, 0.5) is 0 Å². The quantitative estimate of drug-likeness (QED) is 0.826. The number of aromatic nitrogens is 2. The molecule has 2 N–H and O–H groups in total. The summed E-state index contributed by atoms with van der Waals surface area (Å²) >= 11 is 0. The Balaban J connectivity index is 2.19. The van der Waals surface area contributed by atoms with Crippen LogP contribution in [-0.4, -0.2) is 46.9 Å². The molecule has 1 aromatic rings. The number of carbonyl (C=O) groups is 2. The number of amides is 2. The number of hydrogen-bond acceptors (Lipinski definition) is 5. The molecule has 7 heteroatoms. The molecule has 0 spiro atoms. The van der Waals surface area contributed by atoms with E-state index >= 15 is 0 Å². The van der Waals surface area contributed by atoms with E-state index in [0.717, 1.165) is 24.2 Å². The van der Waals surface area contributed by atoms with E-state index in [2.05, 4.69) is 9.97 Å². The maximum absolute atomic E-state index is 12.1. The highest BCUT2D eigenvalue weighted by Crippen LogP contribution is 2.31. The van der Waals surface area contributed by atoms with Crippen molar-refractivity contribution in [3.05, 3.63) is 23.3 Å². The molecule has 120 valence electrons. The van der Waals surface area contributed by atoms with Crippen LogP contribution in [0.25, 0.3) is 0 Å². The van der Waals surface area contributed by atoms with Crippen molar-refractivity contribution in [3.8, 4) is 0 Å². The van der Waals surface area contributed by atoms with Crippen molar-refractivity contribution in [3.63, 3.8) is 0 Å². The van der Waals surface area contributed by atoms with Crippen molar-refractivity contribution in [1.29, 1.82) is 0 Å². The minimum absolute atomic E-state index is 0.0278. The topological polar surface area (TPSA) is 98.4 Å². The van der Waals surface area contributed by atoms with Gasteiger partial charge in [-0.1, -0.05) is 0 Å². The van der Waals surface area contributed by atoms with E-state index < -0.39 is 0 Å². The van der Waals surface area contributed by atoms with E-state index in [0.29, 0.717) is 18.8 Å². The Morgan fingerprint density at radius 1 is 1.45 bits per heavy atom. The number of primary amides is 1. The molecule has 0 aromatic carbocycles. The second-order valence-electron chi connectivity index (χ2n) is 5.48. The van der Waals surface area contributed by atoms with Crippen LogP contribution in [0.15, 0.2) is 6.07 Å². The molecule has 1 fully saturated rings. The highest BCUT2D eigenvalue weighted by atomic mass is 16.5. The van der Waals surface area contributed by atoms with Gasteiger partial charge in [-0.05, 0) is 32.3 Å². The van der Waals surface area contributed by atoms with Crippen molar-refractivity contribution < 1.29 is 14.3 Å². The van der Waals surface area contributed by atoms with Gasteiger partial charge >= 0.3 is 0 Å². The third-order valence-corrected chi connectivity index (χ3v) is 3.72. The smallest absolute Gasteiger partial charge is 0.249 e. The number of aryl methyl sites for hydroxylation is 2. The van der Waals surface area contributed by atoms with Gasteiger partial charge in [-0.25, -0.2) is 9.97 Å². The lowest BCUT2D eigenvalue weighted by Crippen LogP contribution is -2.33. The Labute approximate surface area is 129 Å². The Morgan fingerprint density at radius 2 is 2.23 bits per heavy atom. The van der Waals surface area contributed by atoms with Gasteiger partial charge in [-0.3, -0.25) is 9.59 Å². The summed E-state index contributed by atoms with van der Waals surface area (Å²) in [4.78, 5) is 33.7. The van der Waals surface area contributed by atoms with Crippen LogP contribution in [-0.2, 0) is 20.7 Å². The van der Waals surface area contributed by atoms with Crippen molar-refractivity contribution in [2.24, 2.45) is 5.73 Å². The van der Waals surface area contributed by atoms with E-state index in [1.165, 1.54) is 7.11 Å². The van der Waals surface area contributed by atoms with Crippen molar-refractivity contribution in [2.45, 2.75) is 38.6 Å². The van der Waals surface area contributed by atoms with Crippen LogP contribution in [0.3, 0.4) is 0 Å². The van der Waals surface area contributed by atoms with Crippen LogP contribution in [0.5, 0.6) is 0 Å². The van der Waals surface area contributed by atoms with Crippen molar-refractivity contribution in [1.82, 2.24) is 14.9 Å². The number of methoxy groups -OCH3 is 1. The fraction of sp³-hybridized carbons (Fsp3) is 0.600. The Kier molecular flexibility index (Phi) is 5.43. The third kappa shape index (κ3) is 4.00. The summed E-state index contributed by atoms with van der Waals surface area (Å²) in [6.45, 7) is 2.61. The van der Waals surface area contributed by atoms with E-state index in [4.69, 9.17) is 10.5 Å². The maximum atomic E-state index is 12.1. The number of likely N-dealkylation sites (tertiary alicyclic amines) is 1. The predicted octanol–water partition coefficient (Wildman–Crippen LogP) is 0.513. The molecule has 0 unspecified atom stereocenters. The van der Waals surface area contributed by atoms with Gasteiger partial charge in [-0.15, -0.1) is 0 Å². The summed E-state index contributed by atoms with van der Waals surface area (Å²) in [6.07, 6.45) is 2.57. The predicted molar refractivity (Wildman–Crippen MR) is 79.8 cm³/mol. The highest BCUT2D eigenvalue weighted by molar-refractivity contribution is 5.78. The molecule has 1 saturated heterocycles. The van der Waals surface area contributed by atoms with Crippen LogP contribution >= 0.6 is 0 Å². The van der Waals surface area contributed by atoms with E-state index in [1.54, 1.807) is 0 Å². The molecule has 0 radical (unpaired) electrons. The number of nitrogens with zero attached hydrogens (tertiary/aromatic N) is 3. The fourth-order valence-electron chi connectivity index (χ4n) is 2.78. The minimum atomic E-state index is -0.351. The molecule has 0 aliphatic carbocycles. The molecule has 0 bridgehead atoms. The van der Waals surface area contributed by atoms with Gasteiger partial charge in [0.2, 0.25) is 11.8 Å². The monoisotopic (exact) mass is 306 g/mol. The van der Waals surface area contributed by atoms with Gasteiger partial charge in [0.05, 0.1) is 11.7 Å². The number of hydrogen-bond donors (Lipinski definition) is 1. The van der Waals surface area contributed by atoms with Crippen LogP contribution in [0.1, 0.15) is 42.5 Å². The van der Waals surface area contributed by atoms with Crippen LogP contribution in [0.2, 0.25) is 0 Å². The van der Waals surface area contributed by atoms with Gasteiger partial charge in [0, 0.05) is 25.8 Å². The van der Waals surface area contributed by atoms with E-state index in [1.807, 2.05) is 17.9 Å². The van der Waals surface area contributed by atoms with Gasteiger partial charge in [-0.2, -0.15) is 0 Å². The first-order chi connectivity index (χ1) is 10.5. The average molecular weight is 306 g/mol. The fourth-order valence-corrected chi connectivity index (χ4v) is 2.78. The average Bonchev–Trinajstić information content (AvgIpc) is 2.94. The largest absolute Gasteiger partial charge is 0.375 e. The Bertz CT molecular complexity index is 562. The molecule has 1 atom stereocenters. The number of nitrogens with two attached hydrogens (primary N) is 1. The number of ether oxygens (including phenoxy) is 1. The normalized spacial score (nSPS) is 17.7. The molecule has 22 heavy (non-hydrogen) atoms. The molecule has 2 rings (SSSR count). The summed E-state index contributed by atoms with van der Waals surface area (Å²) in [5.74, 6) is 0.263. The number of rotatable bonds is 6. The molecular formula is C15H22N4O3. The van der Waals surface area contributed by atoms with E-state index in [-0.39, 0.29) is 30.9 Å². The molecule has 1 aliphatic heterocycles. The maximum Gasteiger partial charge on any atom is 0.249 e. The molecule has 0 saturated carbocycles. The minimum Gasteiger partial charge on any atom is -0.375 e. The summed E-state index contributed by atoms with van der Waals surface area (Å²) in [5, 5.41) is 0. The van der Waals surface area contributed by atoms with Gasteiger partial charge in [0.15, 0.2) is 0 Å². The van der Waals surface area contributed by atoms with Gasteiger partial charge in [0.25, 0.3) is 0 Å². The lowest BCUT2D eigenvalue weighted by molar-refractivity contribution is -0.136. The molecule has 1 aromatic heterocycles. The molecule has 7 nitrogen and oxygen atoms in total. The van der Waals surface area contributed by atoms with Crippen LogP contribution in [0, 0.1) is 6.92 Å². The second kappa shape index (κ2) is 7.31. The first kappa shape index (κ1) is 16.4. The molecular weight excluding hydrogens is 284 g/mol. The Morgan fingerprint density at radius 3 is 2.91 bits per heavy atom. The van der Waals surface area contributed by atoms with Crippen molar-refractivity contribution in [2.75, 3.05) is 20.3 Å². The summed E-state index contributed by atoms with van der Waals surface area (Å²) in [5.41, 5.74) is 6.80.